The summed E-state index contributed by atoms with van der Waals surface area (Å²) in [6.07, 6.45) is 2.43. The second-order valence-corrected chi connectivity index (χ2v) is 2.45. The molecule has 0 saturated heterocycles. The average Bonchev–Trinajstić information content (AvgIpc) is 2.02. The Balaban J connectivity index is 4.16. The first-order chi connectivity index (χ1) is 5.11. The van der Waals surface area contributed by atoms with E-state index in [-0.39, 0.29) is 6.17 Å². The SMILES string of the molecule is C/C=C(\C)C(N)N=C(N)CC. The summed E-state index contributed by atoms with van der Waals surface area (Å²) in [6.45, 7) is 5.83. The molecule has 0 heterocycles. The summed E-state index contributed by atoms with van der Waals surface area (Å²) in [6, 6.07) is 0. The van der Waals surface area contributed by atoms with E-state index in [0.717, 1.165) is 12.0 Å². The highest BCUT2D eigenvalue weighted by atomic mass is 15.0. The van der Waals surface area contributed by atoms with Gasteiger partial charge in [-0.3, -0.25) is 0 Å². The van der Waals surface area contributed by atoms with Gasteiger partial charge in [0.05, 0.1) is 5.84 Å². The first kappa shape index (κ1) is 10.2. The highest BCUT2D eigenvalue weighted by Crippen LogP contribution is 1.99. The fourth-order valence-electron chi connectivity index (χ4n) is 0.543. The van der Waals surface area contributed by atoms with Gasteiger partial charge in [-0.2, -0.15) is 0 Å². The lowest BCUT2D eigenvalue weighted by atomic mass is 10.2. The minimum absolute atomic E-state index is 0.264. The van der Waals surface area contributed by atoms with Crippen molar-refractivity contribution in [1.29, 1.82) is 0 Å². The van der Waals surface area contributed by atoms with E-state index in [1.54, 1.807) is 0 Å². The number of hydrogen-bond acceptors (Lipinski definition) is 2. The topological polar surface area (TPSA) is 64.4 Å². The van der Waals surface area contributed by atoms with Crippen LogP contribution in [-0.2, 0) is 0 Å². The molecular formula is C8H17N3. The van der Waals surface area contributed by atoms with Gasteiger partial charge < -0.3 is 11.5 Å². The largest absolute Gasteiger partial charge is 0.387 e. The molecule has 0 aliphatic carbocycles. The molecule has 0 aromatic heterocycles. The first-order valence-corrected chi connectivity index (χ1v) is 3.82. The van der Waals surface area contributed by atoms with Crippen LogP contribution in [0.5, 0.6) is 0 Å². The van der Waals surface area contributed by atoms with Gasteiger partial charge in [0.15, 0.2) is 0 Å². The monoisotopic (exact) mass is 155 g/mol. The Labute approximate surface area is 68.2 Å². The van der Waals surface area contributed by atoms with Crippen molar-refractivity contribution in [2.24, 2.45) is 16.5 Å². The molecule has 1 atom stereocenters. The second-order valence-electron chi connectivity index (χ2n) is 2.45. The molecule has 1 unspecified atom stereocenters. The zero-order valence-corrected chi connectivity index (χ0v) is 7.46. The summed E-state index contributed by atoms with van der Waals surface area (Å²) in [5.74, 6) is 0.610. The zero-order valence-electron chi connectivity index (χ0n) is 7.46. The Morgan fingerprint density at radius 1 is 1.64 bits per heavy atom. The van der Waals surface area contributed by atoms with E-state index >= 15 is 0 Å². The number of aliphatic imine (C=N–C) groups is 1. The van der Waals surface area contributed by atoms with E-state index in [0.29, 0.717) is 5.84 Å². The Morgan fingerprint density at radius 2 is 2.18 bits per heavy atom. The molecule has 0 bridgehead atoms. The van der Waals surface area contributed by atoms with Crippen molar-refractivity contribution in [1.82, 2.24) is 0 Å². The first-order valence-electron chi connectivity index (χ1n) is 3.82. The van der Waals surface area contributed by atoms with Crippen LogP contribution in [0.1, 0.15) is 27.2 Å². The van der Waals surface area contributed by atoms with E-state index in [9.17, 15) is 0 Å². The van der Waals surface area contributed by atoms with Crippen LogP contribution in [0.3, 0.4) is 0 Å². The maximum atomic E-state index is 5.67. The lowest BCUT2D eigenvalue weighted by Gasteiger charge is -2.06. The third kappa shape index (κ3) is 3.78. The number of amidine groups is 1. The van der Waals surface area contributed by atoms with Crippen LogP contribution in [0.25, 0.3) is 0 Å². The molecule has 0 rings (SSSR count). The summed E-state index contributed by atoms with van der Waals surface area (Å²) >= 11 is 0. The molecule has 0 aromatic rings. The maximum absolute atomic E-state index is 5.67. The van der Waals surface area contributed by atoms with Crippen molar-refractivity contribution in [3.05, 3.63) is 11.6 Å². The molecule has 64 valence electrons. The molecule has 0 saturated carbocycles. The minimum atomic E-state index is -0.264. The predicted molar refractivity (Wildman–Crippen MR) is 49.3 cm³/mol. The number of hydrogen-bond donors (Lipinski definition) is 2. The van der Waals surface area contributed by atoms with Crippen molar-refractivity contribution in [2.75, 3.05) is 0 Å². The molecule has 0 amide bonds. The third-order valence-electron chi connectivity index (χ3n) is 1.59. The summed E-state index contributed by atoms with van der Waals surface area (Å²) in [5.41, 5.74) is 12.2. The van der Waals surface area contributed by atoms with Crippen molar-refractivity contribution >= 4 is 5.84 Å². The highest BCUT2D eigenvalue weighted by molar-refractivity contribution is 5.80. The van der Waals surface area contributed by atoms with Crippen LogP contribution >= 0.6 is 0 Å². The molecule has 0 aliphatic rings. The molecule has 3 nitrogen and oxygen atoms in total. The number of nitrogens with two attached hydrogens (primary N) is 2. The molecule has 4 N–H and O–H groups in total. The summed E-state index contributed by atoms with van der Waals surface area (Å²) < 4.78 is 0. The quantitative estimate of drug-likeness (QED) is 0.363. The Hall–Kier alpha value is -0.830. The fourth-order valence-corrected chi connectivity index (χ4v) is 0.543. The van der Waals surface area contributed by atoms with E-state index in [1.807, 2.05) is 26.8 Å². The van der Waals surface area contributed by atoms with Crippen molar-refractivity contribution in [3.8, 4) is 0 Å². The van der Waals surface area contributed by atoms with Gasteiger partial charge in [-0.15, -0.1) is 0 Å². The fraction of sp³-hybridized carbons (Fsp3) is 0.625. The summed E-state index contributed by atoms with van der Waals surface area (Å²) in [5, 5.41) is 0. The molecule has 0 aliphatic heterocycles. The Morgan fingerprint density at radius 3 is 2.55 bits per heavy atom. The van der Waals surface area contributed by atoms with Crippen LogP contribution in [0.4, 0.5) is 0 Å². The van der Waals surface area contributed by atoms with Crippen LogP contribution in [0.15, 0.2) is 16.6 Å². The van der Waals surface area contributed by atoms with Gasteiger partial charge in [0.1, 0.15) is 6.17 Å². The van der Waals surface area contributed by atoms with Gasteiger partial charge in [-0.1, -0.05) is 13.0 Å². The van der Waals surface area contributed by atoms with Gasteiger partial charge >= 0.3 is 0 Å². The molecule has 0 fully saturated rings. The average molecular weight is 155 g/mol. The van der Waals surface area contributed by atoms with Crippen LogP contribution in [0.2, 0.25) is 0 Å². The molecule has 0 radical (unpaired) electrons. The highest BCUT2D eigenvalue weighted by Gasteiger charge is 2.00. The van der Waals surface area contributed by atoms with E-state index in [2.05, 4.69) is 4.99 Å². The van der Waals surface area contributed by atoms with Gasteiger partial charge in [-0.25, -0.2) is 4.99 Å². The normalized spacial score (nSPS) is 16.7. The lowest BCUT2D eigenvalue weighted by molar-refractivity contribution is 0.810. The smallest absolute Gasteiger partial charge is 0.120 e. The van der Waals surface area contributed by atoms with Gasteiger partial charge in [0, 0.05) is 6.42 Å². The van der Waals surface area contributed by atoms with Gasteiger partial charge in [0.25, 0.3) is 0 Å². The summed E-state index contributed by atoms with van der Waals surface area (Å²) in [7, 11) is 0. The van der Waals surface area contributed by atoms with Crippen LogP contribution in [0, 0.1) is 0 Å². The third-order valence-corrected chi connectivity index (χ3v) is 1.59. The van der Waals surface area contributed by atoms with Crippen molar-refractivity contribution in [2.45, 2.75) is 33.4 Å². The summed E-state index contributed by atoms with van der Waals surface area (Å²) in [4.78, 5) is 4.07. The lowest BCUT2D eigenvalue weighted by Crippen LogP contribution is -2.23. The minimum Gasteiger partial charge on any atom is -0.387 e. The van der Waals surface area contributed by atoms with Crippen molar-refractivity contribution < 1.29 is 0 Å². The Bertz CT molecular complexity index is 170. The maximum Gasteiger partial charge on any atom is 0.120 e. The molecule has 0 spiro atoms. The Kier molecular flexibility index (Phi) is 4.54. The van der Waals surface area contributed by atoms with Crippen molar-refractivity contribution in [3.63, 3.8) is 0 Å². The zero-order chi connectivity index (χ0) is 8.85. The molecular weight excluding hydrogens is 138 g/mol. The van der Waals surface area contributed by atoms with E-state index in [1.165, 1.54) is 0 Å². The van der Waals surface area contributed by atoms with Gasteiger partial charge in [-0.05, 0) is 19.4 Å². The number of rotatable bonds is 3. The predicted octanol–water partition coefficient (Wildman–Crippen LogP) is 1.00. The van der Waals surface area contributed by atoms with Gasteiger partial charge in [0.2, 0.25) is 0 Å². The standard InChI is InChI=1S/C8H17N3/c1-4-6(3)8(10)11-7(9)5-2/h4,8H,5,10H2,1-3H3,(H2,9,11)/b6-4+. The van der Waals surface area contributed by atoms with Crippen LogP contribution in [-0.4, -0.2) is 12.0 Å². The molecule has 3 heteroatoms. The second kappa shape index (κ2) is 4.91. The number of nitrogens with zero attached hydrogens (tertiary/aromatic N) is 1. The van der Waals surface area contributed by atoms with E-state index < -0.39 is 0 Å². The number of allylic oxidation sites excluding steroid dienone is 1. The molecule has 0 aromatic carbocycles. The molecule has 11 heavy (non-hydrogen) atoms. The van der Waals surface area contributed by atoms with Crippen LogP contribution < -0.4 is 11.5 Å². The van der Waals surface area contributed by atoms with E-state index in [4.69, 9.17) is 11.5 Å².